The van der Waals surface area contributed by atoms with Gasteiger partial charge in [-0.15, -0.1) is 0 Å². The Kier molecular flexibility index (Phi) is 5.33. The van der Waals surface area contributed by atoms with Crippen LogP contribution in [0.3, 0.4) is 0 Å². The molecule has 0 bridgehead atoms. The predicted molar refractivity (Wildman–Crippen MR) is 71.8 cm³/mol. The molecule has 1 aromatic rings. The van der Waals surface area contributed by atoms with Crippen LogP contribution in [0.25, 0.3) is 0 Å². The molecule has 0 aromatic carbocycles. The van der Waals surface area contributed by atoms with Gasteiger partial charge in [0.15, 0.2) is 0 Å². The van der Waals surface area contributed by atoms with Gasteiger partial charge in [-0.05, 0) is 29.3 Å². The smallest absolute Gasteiger partial charge is 0.143 e. The van der Waals surface area contributed by atoms with Crippen molar-refractivity contribution in [1.82, 2.24) is 9.78 Å². The second-order valence-electron chi connectivity index (χ2n) is 4.33. The van der Waals surface area contributed by atoms with E-state index < -0.39 is 0 Å². The molecule has 1 aromatic heterocycles. The minimum atomic E-state index is -0.0258. The highest BCUT2D eigenvalue weighted by molar-refractivity contribution is 9.10. The average molecular weight is 302 g/mol. The average Bonchev–Trinajstić information content (AvgIpc) is 2.52. The molecular formula is C12H20BrN3O. The highest BCUT2D eigenvalue weighted by Gasteiger charge is 2.20. The van der Waals surface area contributed by atoms with E-state index in [0.29, 0.717) is 13.0 Å². The number of Topliss-reactive ketones (excluding diaryl/α,β-unsaturated/α-hetero) is 1. The van der Waals surface area contributed by atoms with E-state index in [1.165, 1.54) is 0 Å². The maximum atomic E-state index is 12.1. The quantitative estimate of drug-likeness (QED) is 0.874. The molecule has 1 atom stereocenters. The van der Waals surface area contributed by atoms with Crippen molar-refractivity contribution < 1.29 is 4.79 Å². The van der Waals surface area contributed by atoms with Crippen molar-refractivity contribution in [3.8, 4) is 0 Å². The number of hydrogen-bond acceptors (Lipinski definition) is 3. The van der Waals surface area contributed by atoms with Crippen molar-refractivity contribution >= 4 is 21.7 Å². The number of hydrogen-bond donors (Lipinski definition) is 1. The van der Waals surface area contributed by atoms with E-state index in [0.717, 1.165) is 28.7 Å². The molecule has 1 unspecified atom stereocenters. The number of carbonyl (C=O) groups excluding carboxylic acids is 1. The molecule has 1 rings (SSSR count). The van der Waals surface area contributed by atoms with E-state index in [1.54, 1.807) is 4.68 Å². The standard InChI is InChI=1S/C12H20BrN3O/c1-4-5-9(7-14)11(17)6-10-12(13)8(2)15-16(10)3/h9H,4-7,14H2,1-3H3. The van der Waals surface area contributed by atoms with E-state index >= 15 is 0 Å². The predicted octanol–water partition coefficient (Wildman–Crippen LogP) is 1.98. The number of ketones is 1. The second-order valence-corrected chi connectivity index (χ2v) is 5.13. The van der Waals surface area contributed by atoms with Crippen LogP contribution in [0.5, 0.6) is 0 Å². The Balaban J connectivity index is 2.80. The molecule has 0 aliphatic carbocycles. The summed E-state index contributed by atoms with van der Waals surface area (Å²) < 4.78 is 2.69. The molecule has 0 aliphatic rings. The van der Waals surface area contributed by atoms with E-state index in [-0.39, 0.29) is 11.7 Å². The molecule has 5 heteroatoms. The Morgan fingerprint density at radius 2 is 2.24 bits per heavy atom. The largest absolute Gasteiger partial charge is 0.330 e. The molecular weight excluding hydrogens is 282 g/mol. The van der Waals surface area contributed by atoms with Gasteiger partial charge in [-0.2, -0.15) is 5.10 Å². The third kappa shape index (κ3) is 3.39. The number of nitrogens with zero attached hydrogens (tertiary/aromatic N) is 2. The lowest BCUT2D eigenvalue weighted by Gasteiger charge is -2.12. The Bertz CT molecular complexity index is 401. The topological polar surface area (TPSA) is 60.9 Å². The van der Waals surface area contributed by atoms with E-state index in [1.807, 2.05) is 14.0 Å². The van der Waals surface area contributed by atoms with Gasteiger partial charge >= 0.3 is 0 Å². The summed E-state index contributed by atoms with van der Waals surface area (Å²) in [5, 5.41) is 4.28. The van der Waals surface area contributed by atoms with Crippen LogP contribution in [0.4, 0.5) is 0 Å². The van der Waals surface area contributed by atoms with Crippen molar-refractivity contribution in [1.29, 1.82) is 0 Å². The molecule has 0 saturated heterocycles. The second kappa shape index (κ2) is 6.31. The maximum Gasteiger partial charge on any atom is 0.143 e. The lowest BCUT2D eigenvalue weighted by Crippen LogP contribution is -2.25. The van der Waals surface area contributed by atoms with Crippen LogP contribution in [0.1, 0.15) is 31.2 Å². The van der Waals surface area contributed by atoms with Crippen molar-refractivity contribution in [3.63, 3.8) is 0 Å². The fourth-order valence-corrected chi connectivity index (χ4v) is 2.42. The lowest BCUT2D eigenvalue weighted by molar-refractivity contribution is -0.122. The van der Waals surface area contributed by atoms with Gasteiger partial charge < -0.3 is 5.73 Å². The van der Waals surface area contributed by atoms with E-state index in [9.17, 15) is 4.79 Å². The minimum absolute atomic E-state index is 0.0258. The Hall–Kier alpha value is -0.680. The van der Waals surface area contributed by atoms with Gasteiger partial charge in [0.1, 0.15) is 5.78 Å². The number of aryl methyl sites for hydroxylation is 2. The first kappa shape index (κ1) is 14.4. The van der Waals surface area contributed by atoms with Gasteiger partial charge in [0, 0.05) is 25.9 Å². The summed E-state index contributed by atoms with van der Waals surface area (Å²) in [5.74, 6) is 0.181. The fraction of sp³-hybridized carbons (Fsp3) is 0.667. The molecule has 0 aliphatic heterocycles. The van der Waals surface area contributed by atoms with Crippen molar-refractivity contribution in [3.05, 3.63) is 15.9 Å². The van der Waals surface area contributed by atoms with Gasteiger partial charge in [-0.3, -0.25) is 9.48 Å². The Labute approximate surface area is 111 Å². The minimum Gasteiger partial charge on any atom is -0.330 e. The number of aromatic nitrogens is 2. The first-order chi connectivity index (χ1) is 8.01. The fourth-order valence-electron chi connectivity index (χ4n) is 1.94. The van der Waals surface area contributed by atoms with Crippen LogP contribution in [-0.2, 0) is 18.3 Å². The van der Waals surface area contributed by atoms with Crippen molar-refractivity contribution in [2.75, 3.05) is 6.54 Å². The highest BCUT2D eigenvalue weighted by Crippen LogP contribution is 2.22. The first-order valence-corrected chi connectivity index (χ1v) is 6.71. The normalized spacial score (nSPS) is 12.8. The van der Waals surface area contributed by atoms with Crippen LogP contribution in [-0.4, -0.2) is 22.1 Å². The SMILES string of the molecule is CCCC(CN)C(=O)Cc1c(Br)c(C)nn1C. The van der Waals surface area contributed by atoms with E-state index in [4.69, 9.17) is 5.73 Å². The van der Waals surface area contributed by atoms with Crippen LogP contribution in [0.2, 0.25) is 0 Å². The Morgan fingerprint density at radius 3 is 2.65 bits per heavy atom. The van der Waals surface area contributed by atoms with Crippen LogP contribution >= 0.6 is 15.9 Å². The molecule has 0 spiro atoms. The maximum absolute atomic E-state index is 12.1. The van der Waals surface area contributed by atoms with Crippen LogP contribution in [0.15, 0.2) is 4.47 Å². The summed E-state index contributed by atoms with van der Waals surface area (Å²) in [4.78, 5) is 12.1. The van der Waals surface area contributed by atoms with Gasteiger partial charge in [0.05, 0.1) is 15.9 Å². The molecule has 0 fully saturated rings. The molecule has 2 N–H and O–H groups in total. The summed E-state index contributed by atoms with van der Waals surface area (Å²) in [6.45, 7) is 4.42. The van der Waals surface area contributed by atoms with E-state index in [2.05, 4.69) is 28.0 Å². The molecule has 0 radical (unpaired) electrons. The molecule has 0 saturated carbocycles. The van der Waals surface area contributed by atoms with Crippen LogP contribution < -0.4 is 5.73 Å². The molecule has 17 heavy (non-hydrogen) atoms. The van der Waals surface area contributed by atoms with Gasteiger partial charge in [-0.1, -0.05) is 13.3 Å². The van der Waals surface area contributed by atoms with Crippen molar-refractivity contribution in [2.24, 2.45) is 18.7 Å². The van der Waals surface area contributed by atoms with Crippen LogP contribution in [0, 0.1) is 12.8 Å². The molecule has 1 heterocycles. The zero-order valence-electron chi connectivity index (χ0n) is 10.7. The number of carbonyl (C=O) groups is 1. The summed E-state index contributed by atoms with van der Waals surface area (Å²) in [6.07, 6.45) is 2.25. The molecule has 4 nitrogen and oxygen atoms in total. The highest BCUT2D eigenvalue weighted by atomic mass is 79.9. The molecule has 0 amide bonds. The van der Waals surface area contributed by atoms with Gasteiger partial charge in [-0.25, -0.2) is 0 Å². The monoisotopic (exact) mass is 301 g/mol. The first-order valence-electron chi connectivity index (χ1n) is 5.92. The van der Waals surface area contributed by atoms with Gasteiger partial charge in [0.2, 0.25) is 0 Å². The number of rotatable bonds is 6. The third-order valence-corrected chi connectivity index (χ3v) is 4.01. The zero-order chi connectivity index (χ0) is 13.0. The number of nitrogens with two attached hydrogens (primary N) is 1. The Morgan fingerprint density at radius 1 is 1.59 bits per heavy atom. The zero-order valence-corrected chi connectivity index (χ0v) is 12.2. The number of halogens is 1. The van der Waals surface area contributed by atoms with Gasteiger partial charge in [0.25, 0.3) is 0 Å². The summed E-state index contributed by atoms with van der Waals surface area (Å²) in [7, 11) is 1.86. The summed E-state index contributed by atoms with van der Waals surface area (Å²) in [6, 6.07) is 0. The summed E-state index contributed by atoms with van der Waals surface area (Å²) in [5.41, 5.74) is 7.48. The third-order valence-electron chi connectivity index (χ3n) is 2.98. The summed E-state index contributed by atoms with van der Waals surface area (Å²) >= 11 is 3.47. The molecule has 96 valence electrons. The lowest BCUT2D eigenvalue weighted by atomic mass is 9.95. The van der Waals surface area contributed by atoms with Crippen molar-refractivity contribution in [2.45, 2.75) is 33.1 Å².